The molecule has 12 heteroatoms. The molecule has 1 saturated carbocycles. The average molecular weight is 531 g/mol. The van der Waals surface area contributed by atoms with E-state index in [1.54, 1.807) is 30.3 Å². The van der Waals surface area contributed by atoms with Gasteiger partial charge in [0.05, 0.1) is 30.7 Å². The number of urea groups is 1. The van der Waals surface area contributed by atoms with Crippen LogP contribution in [0, 0.1) is 0 Å². The standard InChI is InChI=1S/C25H34N6O5S/c1-4-26-24(33)28-20-7-5-19(6-8-20)23-29-21(15-22(30-23)31-12-13-36-16-17(31)2)25(9-10-25)37(34,35)14-11-27-18(3)32/h5-8,15,17H,4,9-14,16H2,1-3H3,(H,27,32)(H2,26,28,33)/t17-/m0/s1. The van der Waals surface area contributed by atoms with Crippen LogP contribution in [0.25, 0.3) is 11.4 Å². The predicted molar refractivity (Wildman–Crippen MR) is 141 cm³/mol. The van der Waals surface area contributed by atoms with Crippen LogP contribution >= 0.6 is 0 Å². The molecule has 1 saturated heterocycles. The number of aromatic nitrogens is 2. The highest BCUT2D eigenvalue weighted by atomic mass is 32.2. The minimum atomic E-state index is -3.59. The second-order valence-corrected chi connectivity index (χ2v) is 11.8. The quantitative estimate of drug-likeness (QED) is 0.447. The summed E-state index contributed by atoms with van der Waals surface area (Å²) in [6.45, 7) is 7.56. The maximum atomic E-state index is 13.4. The number of nitrogens with zero attached hydrogens (tertiary/aromatic N) is 3. The number of amides is 3. The summed E-state index contributed by atoms with van der Waals surface area (Å²) in [5.41, 5.74) is 1.79. The molecule has 11 nitrogen and oxygen atoms in total. The number of sulfone groups is 1. The maximum absolute atomic E-state index is 13.4. The molecule has 0 spiro atoms. The molecule has 200 valence electrons. The van der Waals surface area contributed by atoms with Gasteiger partial charge in [-0.05, 0) is 51.0 Å². The Kier molecular flexibility index (Phi) is 7.98. The van der Waals surface area contributed by atoms with Gasteiger partial charge in [0, 0.05) is 43.9 Å². The molecule has 0 radical (unpaired) electrons. The average Bonchev–Trinajstić information content (AvgIpc) is 3.67. The molecule has 0 bridgehead atoms. The zero-order valence-electron chi connectivity index (χ0n) is 21.4. The lowest BCUT2D eigenvalue weighted by Crippen LogP contribution is -2.44. The van der Waals surface area contributed by atoms with Crippen molar-refractivity contribution in [2.24, 2.45) is 0 Å². The number of nitrogens with one attached hydrogen (secondary N) is 3. The van der Waals surface area contributed by atoms with Crippen LogP contribution in [0.1, 0.15) is 39.3 Å². The van der Waals surface area contributed by atoms with Gasteiger partial charge in [-0.3, -0.25) is 4.79 Å². The van der Waals surface area contributed by atoms with Gasteiger partial charge in [0.1, 0.15) is 10.6 Å². The number of ether oxygens (including phenoxy) is 1. The highest BCUT2D eigenvalue weighted by Gasteiger charge is 2.57. The van der Waals surface area contributed by atoms with E-state index in [1.165, 1.54) is 6.92 Å². The first-order valence-corrected chi connectivity index (χ1v) is 14.2. The second kappa shape index (κ2) is 11.0. The molecule has 2 aliphatic rings. The van der Waals surface area contributed by atoms with E-state index in [-0.39, 0.29) is 30.3 Å². The van der Waals surface area contributed by atoms with Gasteiger partial charge in [0.15, 0.2) is 15.7 Å². The van der Waals surface area contributed by atoms with Crippen LogP contribution in [0.4, 0.5) is 16.3 Å². The van der Waals surface area contributed by atoms with E-state index < -0.39 is 14.6 Å². The van der Waals surface area contributed by atoms with Crippen molar-refractivity contribution in [2.75, 3.05) is 48.8 Å². The molecule has 3 amide bonds. The van der Waals surface area contributed by atoms with Gasteiger partial charge < -0.3 is 25.6 Å². The topological polar surface area (TPSA) is 143 Å². The molecule has 0 unspecified atom stereocenters. The molecule has 2 heterocycles. The van der Waals surface area contributed by atoms with Crippen molar-refractivity contribution in [2.45, 2.75) is 44.4 Å². The number of rotatable bonds is 9. The number of hydrogen-bond acceptors (Lipinski definition) is 8. The van der Waals surface area contributed by atoms with Crippen molar-refractivity contribution in [1.82, 2.24) is 20.6 Å². The fourth-order valence-corrected chi connectivity index (χ4v) is 6.36. The van der Waals surface area contributed by atoms with E-state index in [0.717, 1.165) is 0 Å². The van der Waals surface area contributed by atoms with Crippen molar-refractivity contribution in [3.8, 4) is 11.4 Å². The summed E-state index contributed by atoms with van der Waals surface area (Å²) in [5.74, 6) is 0.649. The fourth-order valence-electron chi connectivity index (χ4n) is 4.45. The minimum Gasteiger partial charge on any atom is -0.377 e. The third kappa shape index (κ3) is 6.02. The molecular weight excluding hydrogens is 496 g/mol. The first-order chi connectivity index (χ1) is 17.6. The normalized spacial score (nSPS) is 18.7. The third-order valence-corrected chi connectivity index (χ3v) is 9.17. The molecule has 3 N–H and O–H groups in total. The molecule has 1 aromatic carbocycles. The first-order valence-electron chi connectivity index (χ1n) is 12.5. The zero-order chi connectivity index (χ0) is 26.6. The zero-order valence-corrected chi connectivity index (χ0v) is 22.2. The predicted octanol–water partition coefficient (Wildman–Crippen LogP) is 2.05. The van der Waals surface area contributed by atoms with E-state index in [0.29, 0.717) is 67.7 Å². The number of morpholine rings is 1. The van der Waals surface area contributed by atoms with Crippen LogP contribution in [0.3, 0.4) is 0 Å². The Morgan fingerprint density at radius 3 is 2.51 bits per heavy atom. The summed E-state index contributed by atoms with van der Waals surface area (Å²) in [5, 5.41) is 8.02. The molecule has 37 heavy (non-hydrogen) atoms. The van der Waals surface area contributed by atoms with Crippen molar-refractivity contribution >= 4 is 33.3 Å². The van der Waals surface area contributed by atoms with Crippen molar-refractivity contribution in [3.63, 3.8) is 0 Å². The molecule has 2 fully saturated rings. The fraction of sp³-hybridized carbons (Fsp3) is 0.520. The van der Waals surface area contributed by atoms with Gasteiger partial charge in [-0.2, -0.15) is 0 Å². The lowest BCUT2D eigenvalue weighted by atomic mass is 10.1. The molecular formula is C25H34N6O5S. The van der Waals surface area contributed by atoms with Crippen LogP contribution in [-0.4, -0.2) is 75.0 Å². The van der Waals surface area contributed by atoms with E-state index in [9.17, 15) is 18.0 Å². The summed E-state index contributed by atoms with van der Waals surface area (Å²) in [7, 11) is -3.59. The van der Waals surface area contributed by atoms with E-state index >= 15 is 0 Å². The Morgan fingerprint density at radius 2 is 1.89 bits per heavy atom. The number of benzene rings is 1. The molecule has 1 aromatic heterocycles. The summed E-state index contributed by atoms with van der Waals surface area (Å²) in [4.78, 5) is 34.8. The number of anilines is 2. The van der Waals surface area contributed by atoms with E-state index in [1.807, 2.05) is 13.8 Å². The molecule has 1 atom stereocenters. The largest absolute Gasteiger partial charge is 0.377 e. The van der Waals surface area contributed by atoms with Crippen LogP contribution in [-0.2, 0) is 24.1 Å². The number of carbonyl (C=O) groups excluding carboxylic acids is 2. The molecule has 1 aliphatic heterocycles. The highest BCUT2D eigenvalue weighted by Crippen LogP contribution is 2.53. The second-order valence-electron chi connectivity index (χ2n) is 9.41. The van der Waals surface area contributed by atoms with Gasteiger partial charge in [-0.1, -0.05) is 0 Å². The maximum Gasteiger partial charge on any atom is 0.319 e. The molecule has 2 aromatic rings. The van der Waals surface area contributed by atoms with Gasteiger partial charge in [0.2, 0.25) is 5.91 Å². The Bertz CT molecular complexity index is 1250. The van der Waals surface area contributed by atoms with E-state index in [4.69, 9.17) is 14.7 Å². The van der Waals surface area contributed by atoms with Crippen LogP contribution in [0.15, 0.2) is 30.3 Å². The van der Waals surface area contributed by atoms with Gasteiger partial charge in [-0.25, -0.2) is 23.2 Å². The van der Waals surface area contributed by atoms with Crippen LogP contribution in [0.2, 0.25) is 0 Å². The van der Waals surface area contributed by atoms with Crippen molar-refractivity contribution < 1.29 is 22.7 Å². The monoisotopic (exact) mass is 530 g/mol. The van der Waals surface area contributed by atoms with Crippen molar-refractivity contribution in [3.05, 3.63) is 36.0 Å². The third-order valence-electron chi connectivity index (χ3n) is 6.62. The summed E-state index contributed by atoms with van der Waals surface area (Å²) >= 11 is 0. The van der Waals surface area contributed by atoms with Crippen molar-refractivity contribution in [1.29, 1.82) is 0 Å². The highest BCUT2D eigenvalue weighted by molar-refractivity contribution is 7.92. The summed E-state index contributed by atoms with van der Waals surface area (Å²) in [6.07, 6.45) is 0.943. The lowest BCUT2D eigenvalue weighted by molar-refractivity contribution is -0.118. The molecule has 1 aliphatic carbocycles. The Morgan fingerprint density at radius 1 is 1.16 bits per heavy atom. The van der Waals surface area contributed by atoms with Gasteiger partial charge in [0.25, 0.3) is 0 Å². The first kappa shape index (κ1) is 26.8. The summed E-state index contributed by atoms with van der Waals surface area (Å²) < 4.78 is 31.3. The Balaban J connectivity index is 1.69. The smallest absolute Gasteiger partial charge is 0.319 e. The minimum absolute atomic E-state index is 0.0603. The van der Waals surface area contributed by atoms with Gasteiger partial charge >= 0.3 is 6.03 Å². The van der Waals surface area contributed by atoms with E-state index in [2.05, 4.69) is 20.9 Å². The van der Waals surface area contributed by atoms with Gasteiger partial charge in [-0.15, -0.1) is 0 Å². The lowest BCUT2D eigenvalue weighted by Gasteiger charge is -2.34. The Hall–Kier alpha value is -3.25. The number of carbonyl (C=O) groups is 2. The van der Waals surface area contributed by atoms with Crippen LogP contribution in [0.5, 0.6) is 0 Å². The number of hydrogen-bond donors (Lipinski definition) is 3. The Labute approximate surface area is 217 Å². The summed E-state index contributed by atoms with van der Waals surface area (Å²) in [6, 6.07) is 8.69. The van der Waals surface area contributed by atoms with Crippen LogP contribution < -0.4 is 20.9 Å². The SMILES string of the molecule is CCNC(=O)Nc1ccc(-c2nc(N3CCOC[C@@H]3C)cc(C3(S(=O)(=O)CCNC(C)=O)CC3)n2)cc1. The molecule has 4 rings (SSSR count).